The number of carbonyl (C=O) groups is 1. The second-order valence-electron chi connectivity index (χ2n) is 7.45. The number of thiazole rings is 1. The first-order chi connectivity index (χ1) is 14.6. The maximum absolute atomic E-state index is 13.1. The van der Waals surface area contributed by atoms with E-state index in [1.54, 1.807) is 41.2 Å². The fraction of sp³-hybridized carbons (Fsp3) is 0.429. The zero-order valence-electron chi connectivity index (χ0n) is 16.8. The van der Waals surface area contributed by atoms with E-state index in [4.69, 9.17) is 17.0 Å². The molecule has 1 aliphatic heterocycles. The van der Waals surface area contributed by atoms with E-state index in [0.29, 0.717) is 47.4 Å². The summed E-state index contributed by atoms with van der Waals surface area (Å²) < 4.78 is 6.96. The highest BCUT2D eigenvalue weighted by Gasteiger charge is 2.27. The van der Waals surface area contributed by atoms with Crippen molar-refractivity contribution in [3.05, 3.63) is 55.5 Å². The van der Waals surface area contributed by atoms with E-state index >= 15 is 0 Å². The molecule has 1 fully saturated rings. The molecule has 3 heterocycles. The van der Waals surface area contributed by atoms with Crippen LogP contribution in [0.3, 0.4) is 0 Å². The van der Waals surface area contributed by atoms with E-state index in [2.05, 4.69) is 9.97 Å². The van der Waals surface area contributed by atoms with Crippen LogP contribution in [0.2, 0.25) is 0 Å². The lowest BCUT2D eigenvalue weighted by atomic mass is 9.98. The van der Waals surface area contributed by atoms with Crippen molar-refractivity contribution in [3.63, 3.8) is 0 Å². The fourth-order valence-electron chi connectivity index (χ4n) is 3.94. The molecule has 9 heteroatoms. The molecule has 4 rings (SSSR count). The molecule has 0 bridgehead atoms. The highest BCUT2D eigenvalue weighted by atomic mass is 32.1. The van der Waals surface area contributed by atoms with Gasteiger partial charge in [-0.3, -0.25) is 14.2 Å². The zero-order valence-corrected chi connectivity index (χ0v) is 18.4. The Kier molecular flexibility index (Phi) is 6.40. The van der Waals surface area contributed by atoms with Crippen molar-refractivity contribution in [2.24, 2.45) is 0 Å². The molecule has 2 aromatic heterocycles. The molecule has 158 valence electrons. The van der Waals surface area contributed by atoms with Gasteiger partial charge in [-0.2, -0.15) is 0 Å². The van der Waals surface area contributed by atoms with Crippen LogP contribution in [0.25, 0.3) is 10.9 Å². The summed E-state index contributed by atoms with van der Waals surface area (Å²) in [7, 11) is 1.63. The minimum absolute atomic E-state index is 0.0262. The van der Waals surface area contributed by atoms with Gasteiger partial charge in [-0.15, -0.1) is 11.3 Å². The van der Waals surface area contributed by atoms with E-state index in [1.165, 1.54) is 0 Å². The topological polar surface area (TPSA) is 80.2 Å². The average Bonchev–Trinajstić information content (AvgIpc) is 3.30. The molecule has 1 saturated heterocycles. The Morgan fingerprint density at radius 2 is 2.30 bits per heavy atom. The number of hydrogen-bond donors (Lipinski definition) is 1. The Balaban J connectivity index is 1.58. The van der Waals surface area contributed by atoms with Crippen molar-refractivity contribution in [3.8, 4) is 0 Å². The third-order valence-electron chi connectivity index (χ3n) is 5.47. The van der Waals surface area contributed by atoms with Crippen LogP contribution in [-0.4, -0.2) is 52.1 Å². The summed E-state index contributed by atoms with van der Waals surface area (Å²) in [4.78, 5) is 35.4. The molecule has 1 aromatic carbocycles. The van der Waals surface area contributed by atoms with Crippen molar-refractivity contribution in [2.75, 3.05) is 26.8 Å². The smallest absolute Gasteiger partial charge is 0.262 e. The molecule has 1 unspecified atom stereocenters. The Bertz CT molecular complexity index is 1150. The second kappa shape index (κ2) is 9.20. The number of hydrogen-bond acceptors (Lipinski definition) is 6. The first-order valence-electron chi connectivity index (χ1n) is 10.0. The third kappa shape index (κ3) is 4.23. The number of H-pyrrole nitrogens is 1. The summed E-state index contributed by atoms with van der Waals surface area (Å²) in [6.45, 7) is 2.45. The van der Waals surface area contributed by atoms with Crippen LogP contribution < -0.4 is 5.56 Å². The van der Waals surface area contributed by atoms with Gasteiger partial charge >= 0.3 is 0 Å². The SMILES string of the molecule is COCCCn1c(=S)[nH]c2cc(C(=O)N3CCCC(c4nccs4)C3)ccc2c1=O. The number of aromatic amines is 1. The molecule has 1 N–H and O–H groups in total. The van der Waals surface area contributed by atoms with Crippen LogP contribution in [0, 0.1) is 4.77 Å². The second-order valence-corrected chi connectivity index (χ2v) is 8.77. The standard InChI is InChI=1S/C21H24N4O3S2/c1-28-10-3-9-25-20(27)16-6-5-14(12-17(16)23-21(25)29)19(26)24-8-2-4-15(13-24)18-22-7-11-30-18/h5-7,11-12,15H,2-4,8-10,13H2,1H3,(H,23,29). The lowest BCUT2D eigenvalue weighted by molar-refractivity contribution is 0.0707. The van der Waals surface area contributed by atoms with Gasteiger partial charge in [0.15, 0.2) is 4.77 Å². The summed E-state index contributed by atoms with van der Waals surface area (Å²) in [6, 6.07) is 5.18. The van der Waals surface area contributed by atoms with Gasteiger partial charge in [-0.1, -0.05) is 0 Å². The summed E-state index contributed by atoms with van der Waals surface area (Å²) in [5.41, 5.74) is 1.00. The number of fused-ring (bicyclic) bond motifs is 1. The number of likely N-dealkylation sites (tertiary alicyclic amines) is 1. The van der Waals surface area contributed by atoms with E-state index in [1.807, 2.05) is 16.5 Å². The van der Waals surface area contributed by atoms with Gasteiger partial charge in [0.25, 0.3) is 11.5 Å². The maximum Gasteiger partial charge on any atom is 0.262 e. The largest absolute Gasteiger partial charge is 0.385 e. The van der Waals surface area contributed by atoms with Gasteiger partial charge in [-0.25, -0.2) is 4.98 Å². The Hall–Kier alpha value is -2.36. The molecule has 1 atom stereocenters. The summed E-state index contributed by atoms with van der Waals surface area (Å²) >= 11 is 7.02. The van der Waals surface area contributed by atoms with Gasteiger partial charge in [0.1, 0.15) is 0 Å². The van der Waals surface area contributed by atoms with Crippen LogP contribution in [0.15, 0.2) is 34.6 Å². The molecule has 3 aromatic rings. The monoisotopic (exact) mass is 444 g/mol. The molecular weight excluding hydrogens is 420 g/mol. The number of benzene rings is 1. The summed E-state index contributed by atoms with van der Waals surface area (Å²) in [6.07, 6.45) is 4.52. The number of nitrogens with zero attached hydrogens (tertiary/aromatic N) is 3. The lowest BCUT2D eigenvalue weighted by Gasteiger charge is -2.32. The number of ether oxygens (including phenoxy) is 1. The van der Waals surface area contributed by atoms with Crippen molar-refractivity contribution in [1.82, 2.24) is 19.4 Å². The molecule has 30 heavy (non-hydrogen) atoms. The van der Waals surface area contributed by atoms with Crippen LogP contribution >= 0.6 is 23.6 Å². The molecule has 1 amide bonds. The van der Waals surface area contributed by atoms with E-state index in [-0.39, 0.29) is 17.4 Å². The van der Waals surface area contributed by atoms with E-state index in [9.17, 15) is 9.59 Å². The van der Waals surface area contributed by atoms with Crippen LogP contribution in [0.5, 0.6) is 0 Å². The molecule has 0 spiro atoms. The quantitative estimate of drug-likeness (QED) is 0.464. The Morgan fingerprint density at radius 1 is 1.43 bits per heavy atom. The summed E-state index contributed by atoms with van der Waals surface area (Å²) in [5.74, 6) is 0.259. The van der Waals surface area contributed by atoms with Crippen molar-refractivity contribution in [1.29, 1.82) is 0 Å². The zero-order chi connectivity index (χ0) is 21.1. The molecular formula is C21H24N4O3S2. The van der Waals surface area contributed by atoms with Crippen LogP contribution in [0.4, 0.5) is 0 Å². The van der Waals surface area contributed by atoms with Gasteiger partial charge in [0, 0.05) is 56.4 Å². The number of piperidine rings is 1. The molecule has 0 saturated carbocycles. The minimum Gasteiger partial charge on any atom is -0.385 e. The third-order valence-corrected chi connectivity index (χ3v) is 6.73. The van der Waals surface area contributed by atoms with Gasteiger partial charge < -0.3 is 14.6 Å². The predicted molar refractivity (Wildman–Crippen MR) is 120 cm³/mol. The predicted octanol–water partition coefficient (Wildman–Crippen LogP) is 3.57. The number of rotatable bonds is 6. The van der Waals surface area contributed by atoms with Crippen LogP contribution in [-0.2, 0) is 11.3 Å². The molecule has 0 aliphatic carbocycles. The van der Waals surface area contributed by atoms with Gasteiger partial charge in [0.2, 0.25) is 0 Å². The number of nitrogens with one attached hydrogen (secondary N) is 1. The van der Waals surface area contributed by atoms with Crippen LogP contribution in [0.1, 0.15) is 40.5 Å². The van der Waals surface area contributed by atoms with Crippen molar-refractivity contribution < 1.29 is 9.53 Å². The van der Waals surface area contributed by atoms with Crippen molar-refractivity contribution in [2.45, 2.75) is 31.7 Å². The fourth-order valence-corrected chi connectivity index (χ4v) is 4.99. The van der Waals surface area contributed by atoms with Gasteiger partial charge in [0.05, 0.1) is 15.9 Å². The number of carbonyl (C=O) groups excluding carboxylic acids is 1. The first-order valence-corrected chi connectivity index (χ1v) is 11.3. The molecule has 0 radical (unpaired) electrons. The first kappa shape index (κ1) is 20.9. The summed E-state index contributed by atoms with van der Waals surface area (Å²) in [5, 5.41) is 3.59. The van der Waals surface area contributed by atoms with E-state index < -0.39 is 0 Å². The Morgan fingerprint density at radius 3 is 3.07 bits per heavy atom. The number of amides is 1. The Labute approximate surface area is 183 Å². The van der Waals surface area contributed by atoms with Crippen molar-refractivity contribution >= 4 is 40.4 Å². The highest BCUT2D eigenvalue weighted by Crippen LogP contribution is 2.29. The minimum atomic E-state index is -0.148. The lowest BCUT2D eigenvalue weighted by Crippen LogP contribution is -2.39. The highest BCUT2D eigenvalue weighted by molar-refractivity contribution is 7.71. The normalized spacial score (nSPS) is 16.8. The van der Waals surface area contributed by atoms with Gasteiger partial charge in [-0.05, 0) is 49.7 Å². The number of methoxy groups -OCH3 is 1. The average molecular weight is 445 g/mol. The van der Waals surface area contributed by atoms with E-state index in [0.717, 1.165) is 24.4 Å². The molecule has 7 nitrogen and oxygen atoms in total. The number of aromatic nitrogens is 3. The maximum atomic E-state index is 13.1. The molecule has 1 aliphatic rings.